The summed E-state index contributed by atoms with van der Waals surface area (Å²) in [4.78, 5) is 14.7. The molecule has 0 spiro atoms. The highest BCUT2D eigenvalue weighted by atomic mass is 35.5. The highest BCUT2D eigenvalue weighted by molar-refractivity contribution is 6.30. The number of carbonyl (C=O) groups is 1. The molecular formula is C21H34ClN3O2. The fourth-order valence-electron chi connectivity index (χ4n) is 3.54. The van der Waals surface area contributed by atoms with Gasteiger partial charge in [-0.15, -0.1) is 0 Å². The molecule has 1 saturated heterocycles. The number of nitrogens with two attached hydrogens (primary N) is 1. The first-order chi connectivity index (χ1) is 12.9. The number of rotatable bonds is 10. The molecule has 2 rings (SSSR count). The van der Waals surface area contributed by atoms with Gasteiger partial charge in [-0.05, 0) is 50.9 Å². The van der Waals surface area contributed by atoms with Crippen LogP contribution < -0.4 is 11.1 Å². The zero-order valence-corrected chi connectivity index (χ0v) is 17.4. The molecule has 1 amide bonds. The Morgan fingerprint density at radius 3 is 2.63 bits per heavy atom. The molecule has 1 aromatic rings. The van der Waals surface area contributed by atoms with Crippen LogP contribution in [0.2, 0.25) is 5.02 Å². The third-order valence-electron chi connectivity index (χ3n) is 5.00. The van der Waals surface area contributed by atoms with Crippen LogP contribution in [-0.2, 0) is 9.53 Å². The molecule has 6 heteroatoms. The number of amides is 1. The summed E-state index contributed by atoms with van der Waals surface area (Å²) in [6.07, 6.45) is 4.69. The van der Waals surface area contributed by atoms with E-state index in [0.29, 0.717) is 19.6 Å². The molecule has 0 radical (unpaired) electrons. The summed E-state index contributed by atoms with van der Waals surface area (Å²) in [5.74, 6) is 0.120. The van der Waals surface area contributed by atoms with E-state index in [2.05, 4.69) is 36.2 Å². The van der Waals surface area contributed by atoms with Gasteiger partial charge in [0, 0.05) is 31.1 Å². The monoisotopic (exact) mass is 395 g/mol. The van der Waals surface area contributed by atoms with E-state index < -0.39 is 0 Å². The molecule has 0 aliphatic carbocycles. The first kappa shape index (κ1) is 22.2. The number of hydrogen-bond donors (Lipinski definition) is 2. The van der Waals surface area contributed by atoms with Gasteiger partial charge in [0.05, 0.1) is 18.2 Å². The molecule has 1 fully saturated rings. The van der Waals surface area contributed by atoms with Crippen LogP contribution in [0.15, 0.2) is 24.3 Å². The maximum atomic E-state index is 12.3. The molecule has 3 N–H and O–H groups in total. The van der Waals surface area contributed by atoms with Crippen molar-refractivity contribution in [3.63, 3.8) is 0 Å². The molecule has 1 heterocycles. The Kier molecular flexibility index (Phi) is 9.03. The van der Waals surface area contributed by atoms with Crippen molar-refractivity contribution in [1.82, 2.24) is 10.2 Å². The third-order valence-corrected chi connectivity index (χ3v) is 5.25. The fraction of sp³-hybridized carbons (Fsp3) is 0.667. The molecule has 1 atom stereocenters. The zero-order valence-electron chi connectivity index (χ0n) is 16.7. The van der Waals surface area contributed by atoms with Crippen LogP contribution in [0.3, 0.4) is 0 Å². The molecule has 5 nitrogen and oxygen atoms in total. The average Bonchev–Trinajstić information content (AvgIpc) is 2.62. The second kappa shape index (κ2) is 11.0. The molecule has 0 aromatic heterocycles. The maximum absolute atomic E-state index is 12.3. The minimum Gasteiger partial charge on any atom is -0.373 e. The van der Waals surface area contributed by atoms with Crippen LogP contribution in [0.5, 0.6) is 0 Å². The number of halogens is 1. The highest BCUT2D eigenvalue weighted by Crippen LogP contribution is 2.27. The Morgan fingerprint density at radius 1 is 1.26 bits per heavy atom. The van der Waals surface area contributed by atoms with E-state index in [9.17, 15) is 4.79 Å². The summed E-state index contributed by atoms with van der Waals surface area (Å²) in [5, 5.41) is 3.86. The molecule has 0 saturated carbocycles. The van der Waals surface area contributed by atoms with Crippen LogP contribution in [0.4, 0.5) is 0 Å². The van der Waals surface area contributed by atoms with E-state index in [1.54, 1.807) is 0 Å². The summed E-state index contributed by atoms with van der Waals surface area (Å²) in [6, 6.07) is 8.04. The van der Waals surface area contributed by atoms with E-state index in [1.807, 2.05) is 12.1 Å². The number of unbranched alkanes of at least 4 members (excludes halogenated alkanes) is 3. The minimum atomic E-state index is -0.185. The van der Waals surface area contributed by atoms with Gasteiger partial charge < -0.3 is 15.8 Å². The predicted octanol–water partition coefficient (Wildman–Crippen LogP) is 3.52. The van der Waals surface area contributed by atoms with Crippen molar-refractivity contribution in [2.24, 2.45) is 5.73 Å². The lowest BCUT2D eigenvalue weighted by atomic mass is 10.0. The van der Waals surface area contributed by atoms with Crippen molar-refractivity contribution < 1.29 is 9.53 Å². The van der Waals surface area contributed by atoms with Gasteiger partial charge in [0.25, 0.3) is 0 Å². The van der Waals surface area contributed by atoms with Gasteiger partial charge in [-0.1, -0.05) is 36.6 Å². The number of carbonyl (C=O) groups excluding carboxylic acids is 1. The van der Waals surface area contributed by atoms with Gasteiger partial charge in [-0.3, -0.25) is 9.69 Å². The number of nitrogens with zero attached hydrogens (tertiary/aromatic N) is 1. The molecule has 1 aromatic carbocycles. The van der Waals surface area contributed by atoms with E-state index in [4.69, 9.17) is 22.1 Å². The zero-order chi connectivity index (χ0) is 19.7. The van der Waals surface area contributed by atoms with Crippen molar-refractivity contribution in [3.05, 3.63) is 34.9 Å². The van der Waals surface area contributed by atoms with Crippen LogP contribution in [0.1, 0.15) is 57.6 Å². The summed E-state index contributed by atoms with van der Waals surface area (Å²) in [7, 11) is 0. The third kappa shape index (κ3) is 7.78. The van der Waals surface area contributed by atoms with Gasteiger partial charge in [0.15, 0.2) is 0 Å². The SMILES string of the molecule is CC1(C)CN(C(CNC(=O)CCCCCCN)c2ccc(Cl)cc2)CCO1. The summed E-state index contributed by atoms with van der Waals surface area (Å²) in [6.45, 7) is 7.92. The Morgan fingerprint density at radius 2 is 1.96 bits per heavy atom. The normalized spacial score (nSPS) is 18.2. The smallest absolute Gasteiger partial charge is 0.220 e. The molecule has 1 aliphatic heterocycles. The first-order valence-electron chi connectivity index (χ1n) is 10.0. The number of benzene rings is 1. The van der Waals surface area contributed by atoms with E-state index in [1.165, 1.54) is 5.56 Å². The Balaban J connectivity index is 1.94. The van der Waals surface area contributed by atoms with Crippen LogP contribution in [0.25, 0.3) is 0 Å². The molecular weight excluding hydrogens is 362 g/mol. The van der Waals surface area contributed by atoms with Gasteiger partial charge in [-0.25, -0.2) is 0 Å². The van der Waals surface area contributed by atoms with E-state index in [0.717, 1.165) is 50.3 Å². The molecule has 0 bridgehead atoms. The number of morpholine rings is 1. The van der Waals surface area contributed by atoms with Crippen molar-refractivity contribution >= 4 is 17.5 Å². The Bertz CT molecular complexity index is 577. The van der Waals surface area contributed by atoms with Crippen LogP contribution in [0, 0.1) is 0 Å². The maximum Gasteiger partial charge on any atom is 0.220 e. The average molecular weight is 396 g/mol. The first-order valence-corrected chi connectivity index (χ1v) is 10.4. The summed E-state index contributed by atoms with van der Waals surface area (Å²) in [5.41, 5.74) is 6.49. The van der Waals surface area contributed by atoms with Gasteiger partial charge in [-0.2, -0.15) is 0 Å². The lowest BCUT2D eigenvalue weighted by molar-refractivity contribution is -0.122. The Labute approximate surface area is 168 Å². The highest BCUT2D eigenvalue weighted by Gasteiger charge is 2.32. The minimum absolute atomic E-state index is 0.117. The lowest BCUT2D eigenvalue weighted by Gasteiger charge is -2.42. The molecule has 1 aliphatic rings. The van der Waals surface area contributed by atoms with Gasteiger partial charge in [0.2, 0.25) is 5.91 Å². The van der Waals surface area contributed by atoms with Gasteiger partial charge in [0.1, 0.15) is 0 Å². The van der Waals surface area contributed by atoms with Crippen molar-refractivity contribution in [1.29, 1.82) is 0 Å². The summed E-state index contributed by atoms with van der Waals surface area (Å²) >= 11 is 6.06. The standard InChI is InChI=1S/C21H34ClN3O2/c1-21(2)16-25(13-14-27-21)19(17-8-10-18(22)11-9-17)15-24-20(26)7-5-3-4-6-12-23/h8-11,19H,3-7,12-16,23H2,1-2H3,(H,24,26). The topological polar surface area (TPSA) is 67.6 Å². The second-order valence-corrected chi connectivity index (χ2v) is 8.34. The van der Waals surface area contributed by atoms with E-state index in [-0.39, 0.29) is 17.6 Å². The molecule has 27 heavy (non-hydrogen) atoms. The van der Waals surface area contributed by atoms with Crippen molar-refractivity contribution in [2.45, 2.75) is 57.6 Å². The summed E-state index contributed by atoms with van der Waals surface area (Å²) < 4.78 is 5.85. The molecule has 152 valence electrons. The predicted molar refractivity (Wildman–Crippen MR) is 111 cm³/mol. The quantitative estimate of drug-likeness (QED) is 0.595. The van der Waals surface area contributed by atoms with Gasteiger partial charge >= 0.3 is 0 Å². The van der Waals surface area contributed by atoms with Crippen molar-refractivity contribution in [3.8, 4) is 0 Å². The second-order valence-electron chi connectivity index (χ2n) is 7.90. The number of nitrogens with one attached hydrogen (secondary N) is 1. The Hall–Kier alpha value is -1.14. The number of ether oxygens (including phenoxy) is 1. The molecule has 1 unspecified atom stereocenters. The fourth-order valence-corrected chi connectivity index (χ4v) is 3.67. The lowest BCUT2D eigenvalue weighted by Crippen LogP contribution is -2.51. The van der Waals surface area contributed by atoms with Crippen LogP contribution >= 0.6 is 11.6 Å². The largest absolute Gasteiger partial charge is 0.373 e. The van der Waals surface area contributed by atoms with E-state index >= 15 is 0 Å². The number of hydrogen-bond acceptors (Lipinski definition) is 4. The van der Waals surface area contributed by atoms with Crippen LogP contribution in [-0.4, -0.2) is 49.2 Å². The van der Waals surface area contributed by atoms with Crippen molar-refractivity contribution in [2.75, 3.05) is 32.8 Å².